The van der Waals surface area contributed by atoms with Crippen LogP contribution in [0, 0.1) is 17.6 Å². The Balaban J connectivity index is 2.11. The zero-order chi connectivity index (χ0) is 23.6. The van der Waals surface area contributed by atoms with Crippen LogP contribution in [0.15, 0.2) is 36.4 Å². The molecule has 3 aromatic rings. The van der Waals surface area contributed by atoms with Crippen molar-refractivity contribution in [3.05, 3.63) is 75.6 Å². The SMILES string of the molecule is CC(C)C(NC(c1ccc(C(F)F)c(F)c1)c1nnnn1C(C)C)c1ccc(Cl)cc1F. The molecule has 2 aromatic carbocycles. The smallest absolute Gasteiger partial charge is 0.266 e. The lowest BCUT2D eigenvalue weighted by molar-refractivity contribution is 0.146. The second-order valence-electron chi connectivity index (χ2n) is 8.14. The molecule has 0 radical (unpaired) electrons. The van der Waals surface area contributed by atoms with Gasteiger partial charge in [-0.2, -0.15) is 0 Å². The van der Waals surface area contributed by atoms with Crippen LogP contribution < -0.4 is 5.32 Å². The van der Waals surface area contributed by atoms with Crippen molar-refractivity contribution in [3.63, 3.8) is 0 Å². The van der Waals surface area contributed by atoms with Crippen LogP contribution >= 0.6 is 11.6 Å². The Hall–Kier alpha value is -2.52. The largest absolute Gasteiger partial charge is 0.296 e. The highest BCUT2D eigenvalue weighted by molar-refractivity contribution is 6.30. The molecule has 0 fully saturated rings. The Morgan fingerprint density at radius 2 is 1.59 bits per heavy atom. The van der Waals surface area contributed by atoms with Gasteiger partial charge in [-0.25, -0.2) is 22.2 Å². The molecule has 0 saturated carbocycles. The van der Waals surface area contributed by atoms with Crippen LogP contribution in [0.1, 0.15) is 74.8 Å². The Labute approximate surface area is 188 Å². The fourth-order valence-electron chi connectivity index (χ4n) is 3.55. The van der Waals surface area contributed by atoms with Crippen molar-refractivity contribution in [1.82, 2.24) is 25.5 Å². The van der Waals surface area contributed by atoms with Gasteiger partial charge in [0.25, 0.3) is 6.43 Å². The van der Waals surface area contributed by atoms with Crippen molar-refractivity contribution in [2.45, 2.75) is 52.2 Å². The Morgan fingerprint density at radius 3 is 2.16 bits per heavy atom. The lowest BCUT2D eigenvalue weighted by Gasteiger charge is -2.29. The topological polar surface area (TPSA) is 55.6 Å². The minimum Gasteiger partial charge on any atom is -0.296 e. The van der Waals surface area contributed by atoms with Gasteiger partial charge < -0.3 is 0 Å². The molecule has 0 amide bonds. The van der Waals surface area contributed by atoms with Crippen molar-refractivity contribution in [2.75, 3.05) is 0 Å². The number of rotatable bonds is 8. The third-order valence-corrected chi connectivity index (χ3v) is 5.40. The van der Waals surface area contributed by atoms with E-state index >= 15 is 0 Å². The summed E-state index contributed by atoms with van der Waals surface area (Å²) < 4.78 is 56.9. The van der Waals surface area contributed by atoms with Gasteiger partial charge in [0, 0.05) is 16.6 Å². The third kappa shape index (κ3) is 5.10. The Kier molecular flexibility index (Phi) is 7.51. The first kappa shape index (κ1) is 24.1. The summed E-state index contributed by atoms with van der Waals surface area (Å²) in [5, 5.41) is 15.4. The average molecular weight is 470 g/mol. The van der Waals surface area contributed by atoms with Crippen LogP contribution in [-0.2, 0) is 0 Å². The molecule has 3 rings (SSSR count). The van der Waals surface area contributed by atoms with Crippen molar-refractivity contribution in [2.24, 2.45) is 5.92 Å². The van der Waals surface area contributed by atoms with Gasteiger partial charge in [0.15, 0.2) is 5.82 Å². The molecule has 1 aromatic heterocycles. The first-order valence-corrected chi connectivity index (χ1v) is 10.5. The van der Waals surface area contributed by atoms with Gasteiger partial charge in [-0.05, 0) is 54.0 Å². The molecule has 0 saturated heterocycles. The summed E-state index contributed by atoms with van der Waals surface area (Å²) in [6.07, 6.45) is -2.94. The lowest BCUT2D eigenvalue weighted by Crippen LogP contribution is -2.33. The minimum absolute atomic E-state index is 0.0956. The maximum Gasteiger partial charge on any atom is 0.266 e. The van der Waals surface area contributed by atoms with E-state index in [4.69, 9.17) is 11.6 Å². The first-order chi connectivity index (χ1) is 15.1. The zero-order valence-electron chi connectivity index (χ0n) is 18.0. The number of alkyl halides is 2. The highest BCUT2D eigenvalue weighted by Crippen LogP contribution is 2.33. The molecule has 2 unspecified atom stereocenters. The van der Waals surface area contributed by atoms with Gasteiger partial charge in [-0.1, -0.05) is 43.6 Å². The molecule has 0 aliphatic rings. The molecule has 1 heterocycles. The summed E-state index contributed by atoms with van der Waals surface area (Å²) in [6, 6.07) is 6.41. The van der Waals surface area contributed by atoms with Gasteiger partial charge in [0.05, 0.1) is 17.6 Å². The van der Waals surface area contributed by atoms with Crippen molar-refractivity contribution in [3.8, 4) is 0 Å². The highest BCUT2D eigenvalue weighted by atomic mass is 35.5. The number of halogens is 5. The van der Waals surface area contributed by atoms with E-state index < -0.39 is 35.7 Å². The molecule has 10 heteroatoms. The highest BCUT2D eigenvalue weighted by Gasteiger charge is 2.30. The molecule has 1 N–H and O–H groups in total. The van der Waals surface area contributed by atoms with Gasteiger partial charge in [-0.3, -0.25) is 5.32 Å². The number of nitrogens with one attached hydrogen (secondary N) is 1. The molecule has 5 nitrogen and oxygen atoms in total. The molecular weight excluding hydrogens is 446 g/mol. The normalized spacial score (nSPS) is 13.9. The van der Waals surface area contributed by atoms with E-state index in [1.54, 1.807) is 16.8 Å². The number of nitrogens with zero attached hydrogens (tertiary/aromatic N) is 4. The zero-order valence-corrected chi connectivity index (χ0v) is 18.8. The molecular formula is C22H24ClF4N5. The van der Waals surface area contributed by atoms with Crippen molar-refractivity contribution < 1.29 is 17.6 Å². The van der Waals surface area contributed by atoms with Crippen LogP contribution in [0.4, 0.5) is 17.6 Å². The van der Waals surface area contributed by atoms with Crippen LogP contribution in [0.25, 0.3) is 0 Å². The summed E-state index contributed by atoms with van der Waals surface area (Å²) in [5.41, 5.74) is 0.00590. The van der Waals surface area contributed by atoms with E-state index in [1.165, 1.54) is 12.1 Å². The van der Waals surface area contributed by atoms with Crippen LogP contribution in [-0.4, -0.2) is 20.2 Å². The summed E-state index contributed by atoms with van der Waals surface area (Å²) in [7, 11) is 0. The standard InChI is InChI=1S/C22H24ClF4N5/c1-11(2)19(15-8-6-14(23)10-18(15)25)28-20(22-29-30-31-32(22)12(3)4)13-5-7-16(21(26)27)17(24)9-13/h5-12,19-21,28H,1-4H3. The summed E-state index contributed by atoms with van der Waals surface area (Å²) in [5.74, 6) is -1.28. The lowest BCUT2D eigenvalue weighted by atomic mass is 9.93. The van der Waals surface area contributed by atoms with Crippen LogP contribution in [0.3, 0.4) is 0 Å². The molecule has 32 heavy (non-hydrogen) atoms. The quantitative estimate of drug-likeness (QED) is 0.399. The molecule has 2 atom stereocenters. The fourth-order valence-corrected chi connectivity index (χ4v) is 3.71. The van der Waals surface area contributed by atoms with Gasteiger partial charge >= 0.3 is 0 Å². The van der Waals surface area contributed by atoms with E-state index in [9.17, 15) is 17.6 Å². The van der Waals surface area contributed by atoms with E-state index in [0.717, 1.165) is 12.1 Å². The van der Waals surface area contributed by atoms with E-state index in [1.807, 2.05) is 27.7 Å². The van der Waals surface area contributed by atoms with Gasteiger partial charge in [0.1, 0.15) is 11.6 Å². The number of benzene rings is 2. The second-order valence-corrected chi connectivity index (χ2v) is 8.58. The number of tetrazole rings is 1. The maximum absolute atomic E-state index is 14.8. The van der Waals surface area contributed by atoms with Gasteiger partial charge in [0.2, 0.25) is 0 Å². The van der Waals surface area contributed by atoms with E-state index in [0.29, 0.717) is 17.0 Å². The Morgan fingerprint density at radius 1 is 0.938 bits per heavy atom. The van der Waals surface area contributed by atoms with Crippen molar-refractivity contribution in [1.29, 1.82) is 0 Å². The summed E-state index contributed by atoms with van der Waals surface area (Å²) in [6.45, 7) is 7.54. The molecule has 0 aliphatic carbocycles. The van der Waals surface area contributed by atoms with E-state index in [-0.39, 0.29) is 17.0 Å². The summed E-state index contributed by atoms with van der Waals surface area (Å²) in [4.78, 5) is 0. The Bertz CT molecular complexity index is 1070. The predicted molar refractivity (Wildman–Crippen MR) is 114 cm³/mol. The molecule has 172 valence electrons. The average Bonchev–Trinajstić information content (AvgIpc) is 3.19. The van der Waals surface area contributed by atoms with Gasteiger partial charge in [-0.15, -0.1) is 5.10 Å². The van der Waals surface area contributed by atoms with Crippen LogP contribution in [0.2, 0.25) is 5.02 Å². The molecule has 0 aliphatic heterocycles. The minimum atomic E-state index is -2.94. The maximum atomic E-state index is 14.8. The first-order valence-electron chi connectivity index (χ1n) is 10.2. The third-order valence-electron chi connectivity index (χ3n) is 5.17. The number of aromatic nitrogens is 4. The van der Waals surface area contributed by atoms with Crippen molar-refractivity contribution >= 4 is 11.6 Å². The monoisotopic (exact) mass is 469 g/mol. The number of hydrogen-bond donors (Lipinski definition) is 1. The fraction of sp³-hybridized carbons (Fsp3) is 0.409. The van der Waals surface area contributed by atoms with E-state index in [2.05, 4.69) is 20.8 Å². The molecule has 0 spiro atoms. The second kappa shape index (κ2) is 9.95. The summed E-state index contributed by atoms with van der Waals surface area (Å²) >= 11 is 5.90. The molecule has 0 bridgehead atoms. The predicted octanol–water partition coefficient (Wildman–Crippen LogP) is 6.20. The number of hydrogen-bond acceptors (Lipinski definition) is 4. The van der Waals surface area contributed by atoms with Crippen LogP contribution in [0.5, 0.6) is 0 Å².